The van der Waals surface area contributed by atoms with Crippen molar-refractivity contribution in [3.05, 3.63) is 59.7 Å². The largest absolute Gasteiger partial charge is 0.494 e. The van der Waals surface area contributed by atoms with E-state index < -0.39 is 0 Å². The summed E-state index contributed by atoms with van der Waals surface area (Å²) in [7, 11) is 0. The maximum Gasteiger partial charge on any atom is 0.222 e. The Morgan fingerprint density at radius 1 is 1.00 bits per heavy atom. The summed E-state index contributed by atoms with van der Waals surface area (Å²) in [5.41, 5.74) is 9.06. The molecule has 1 aliphatic rings. The molecule has 0 saturated carbocycles. The van der Waals surface area contributed by atoms with Crippen LogP contribution in [-0.4, -0.2) is 48.5 Å². The van der Waals surface area contributed by atoms with Gasteiger partial charge in [0.05, 0.1) is 6.61 Å². The third kappa shape index (κ3) is 7.42. The van der Waals surface area contributed by atoms with E-state index >= 15 is 0 Å². The summed E-state index contributed by atoms with van der Waals surface area (Å²) >= 11 is 0. The third-order valence-electron chi connectivity index (χ3n) is 5.03. The highest BCUT2D eigenvalue weighted by Crippen LogP contribution is 2.16. The van der Waals surface area contributed by atoms with Gasteiger partial charge in [-0.25, -0.2) is 0 Å². The number of para-hydroxylation sites is 1. The molecule has 1 fully saturated rings. The lowest BCUT2D eigenvalue weighted by atomic mass is 10.1. The number of hydrogen-bond acceptors (Lipinski definition) is 4. The number of nitrogens with two attached hydrogens (primary N) is 1. The average molecular weight is 440 g/mol. The van der Waals surface area contributed by atoms with Gasteiger partial charge in [-0.15, -0.1) is 24.8 Å². The van der Waals surface area contributed by atoms with Gasteiger partial charge in [0.1, 0.15) is 5.75 Å². The Labute approximate surface area is 186 Å². The highest BCUT2D eigenvalue weighted by Gasteiger charge is 2.21. The summed E-state index contributed by atoms with van der Waals surface area (Å²) in [5, 5.41) is 0. The number of nitrogen functional groups attached to an aromatic ring is 1. The minimum absolute atomic E-state index is 0. The van der Waals surface area contributed by atoms with Crippen molar-refractivity contribution in [2.45, 2.75) is 26.3 Å². The van der Waals surface area contributed by atoms with Crippen molar-refractivity contribution in [2.24, 2.45) is 0 Å². The van der Waals surface area contributed by atoms with Crippen LogP contribution in [-0.2, 0) is 17.8 Å². The number of halogens is 2. The van der Waals surface area contributed by atoms with Crippen molar-refractivity contribution >= 4 is 36.4 Å². The number of aryl methyl sites for hydroxylation is 1. The van der Waals surface area contributed by atoms with Gasteiger partial charge in [0.15, 0.2) is 0 Å². The summed E-state index contributed by atoms with van der Waals surface area (Å²) in [4.78, 5) is 16.9. The molecule has 2 aromatic carbocycles. The fraction of sp³-hybridized carbons (Fsp3) is 0.409. The van der Waals surface area contributed by atoms with Crippen LogP contribution in [0.2, 0.25) is 0 Å². The Morgan fingerprint density at radius 3 is 2.28 bits per heavy atom. The zero-order valence-electron chi connectivity index (χ0n) is 16.9. The van der Waals surface area contributed by atoms with Crippen molar-refractivity contribution < 1.29 is 9.53 Å². The molecule has 1 saturated heterocycles. The lowest BCUT2D eigenvalue weighted by Crippen LogP contribution is -2.48. The molecule has 1 heterocycles. The molecule has 1 aliphatic heterocycles. The molecule has 29 heavy (non-hydrogen) atoms. The predicted octanol–water partition coefficient (Wildman–Crippen LogP) is 3.79. The van der Waals surface area contributed by atoms with Gasteiger partial charge in [0.2, 0.25) is 5.91 Å². The van der Waals surface area contributed by atoms with E-state index in [1.54, 1.807) is 0 Å². The van der Waals surface area contributed by atoms with Gasteiger partial charge in [-0.1, -0.05) is 30.3 Å². The Morgan fingerprint density at radius 2 is 1.66 bits per heavy atom. The average Bonchev–Trinajstić information content (AvgIpc) is 2.69. The van der Waals surface area contributed by atoms with Crippen LogP contribution in [0.1, 0.15) is 24.5 Å². The molecule has 2 N–H and O–H groups in total. The van der Waals surface area contributed by atoms with E-state index in [9.17, 15) is 4.79 Å². The highest BCUT2D eigenvalue weighted by atomic mass is 35.5. The van der Waals surface area contributed by atoms with Gasteiger partial charge >= 0.3 is 0 Å². The molecule has 5 nitrogen and oxygen atoms in total. The number of nitrogens with zero attached hydrogens (tertiary/aromatic N) is 2. The molecule has 0 aliphatic carbocycles. The summed E-state index contributed by atoms with van der Waals surface area (Å²) in [6, 6.07) is 16.1. The summed E-state index contributed by atoms with van der Waals surface area (Å²) < 4.78 is 5.49. The fourth-order valence-electron chi connectivity index (χ4n) is 3.43. The maximum atomic E-state index is 12.5. The summed E-state index contributed by atoms with van der Waals surface area (Å²) in [6.45, 7) is 6.99. The van der Waals surface area contributed by atoms with Gasteiger partial charge in [-0.3, -0.25) is 9.69 Å². The van der Waals surface area contributed by atoms with E-state index in [0.717, 1.165) is 49.7 Å². The number of benzene rings is 2. The van der Waals surface area contributed by atoms with Gasteiger partial charge in [0, 0.05) is 44.8 Å². The number of anilines is 1. The second kappa shape index (κ2) is 12.6. The summed E-state index contributed by atoms with van der Waals surface area (Å²) in [5.74, 6) is 1.13. The molecule has 1 amide bonds. The molecule has 2 aromatic rings. The quantitative estimate of drug-likeness (QED) is 0.666. The van der Waals surface area contributed by atoms with Crippen LogP contribution >= 0.6 is 24.8 Å². The number of amides is 1. The smallest absolute Gasteiger partial charge is 0.222 e. The van der Waals surface area contributed by atoms with E-state index in [2.05, 4.69) is 17.0 Å². The molecule has 0 radical (unpaired) electrons. The minimum Gasteiger partial charge on any atom is -0.494 e. The zero-order valence-corrected chi connectivity index (χ0v) is 18.5. The highest BCUT2D eigenvalue weighted by molar-refractivity contribution is 5.85. The molecule has 7 heteroatoms. The number of carbonyl (C=O) groups is 1. The van der Waals surface area contributed by atoms with Crippen molar-refractivity contribution in [2.75, 3.05) is 38.5 Å². The standard InChI is InChI=1S/C22H29N3O2.2ClH/c1-2-27-20-10-7-18(8-11-20)17-24-13-15-25(16-14-24)22(26)12-9-19-5-3-4-6-21(19)23;;/h3-8,10-11H,2,9,12-17,23H2,1H3;2*1H. The van der Waals surface area contributed by atoms with Gasteiger partial charge < -0.3 is 15.4 Å². The topological polar surface area (TPSA) is 58.8 Å². The van der Waals surface area contributed by atoms with Crippen LogP contribution in [0, 0.1) is 0 Å². The lowest BCUT2D eigenvalue weighted by Gasteiger charge is -2.35. The Bertz CT molecular complexity index is 748. The SMILES string of the molecule is CCOc1ccc(CN2CCN(C(=O)CCc3ccccc3N)CC2)cc1.Cl.Cl. The van der Waals surface area contributed by atoms with E-state index in [0.29, 0.717) is 19.4 Å². The number of piperazine rings is 1. The van der Waals surface area contributed by atoms with E-state index in [1.165, 1.54) is 5.56 Å². The van der Waals surface area contributed by atoms with E-state index in [4.69, 9.17) is 10.5 Å². The molecule has 0 atom stereocenters. The first-order valence-corrected chi connectivity index (χ1v) is 9.71. The molecule has 160 valence electrons. The molecule has 0 bridgehead atoms. The molecular formula is C22H31Cl2N3O2. The lowest BCUT2D eigenvalue weighted by molar-refractivity contribution is -0.132. The third-order valence-corrected chi connectivity index (χ3v) is 5.03. The molecule has 0 aromatic heterocycles. The number of carbonyl (C=O) groups excluding carboxylic acids is 1. The van der Waals surface area contributed by atoms with Crippen molar-refractivity contribution in [1.82, 2.24) is 9.80 Å². The minimum atomic E-state index is 0. The van der Waals surface area contributed by atoms with Crippen LogP contribution in [0.25, 0.3) is 0 Å². The van der Waals surface area contributed by atoms with Gasteiger partial charge in [-0.2, -0.15) is 0 Å². The Hall–Kier alpha value is -1.95. The Balaban J connectivity index is 0.00000210. The van der Waals surface area contributed by atoms with E-state index in [1.807, 2.05) is 48.2 Å². The normalized spacial score (nSPS) is 13.9. The van der Waals surface area contributed by atoms with Gasteiger partial charge in [0.25, 0.3) is 0 Å². The Kier molecular flexibility index (Phi) is 10.9. The first-order chi connectivity index (χ1) is 13.2. The number of hydrogen-bond donors (Lipinski definition) is 1. The maximum absolute atomic E-state index is 12.5. The molecule has 0 spiro atoms. The number of rotatable bonds is 7. The summed E-state index contributed by atoms with van der Waals surface area (Å²) in [6.07, 6.45) is 1.23. The zero-order chi connectivity index (χ0) is 19.1. The second-order valence-corrected chi connectivity index (χ2v) is 6.93. The monoisotopic (exact) mass is 439 g/mol. The van der Waals surface area contributed by atoms with E-state index in [-0.39, 0.29) is 30.7 Å². The molecular weight excluding hydrogens is 409 g/mol. The van der Waals surface area contributed by atoms with Crippen molar-refractivity contribution in [3.8, 4) is 5.75 Å². The van der Waals surface area contributed by atoms with Gasteiger partial charge in [-0.05, 0) is 42.7 Å². The first-order valence-electron chi connectivity index (χ1n) is 9.71. The number of ether oxygens (including phenoxy) is 1. The van der Waals surface area contributed by atoms with Crippen LogP contribution in [0.5, 0.6) is 5.75 Å². The van der Waals surface area contributed by atoms with Crippen LogP contribution < -0.4 is 10.5 Å². The van der Waals surface area contributed by atoms with Crippen LogP contribution in [0.15, 0.2) is 48.5 Å². The molecule has 3 rings (SSSR count). The second-order valence-electron chi connectivity index (χ2n) is 6.93. The predicted molar refractivity (Wildman–Crippen MR) is 123 cm³/mol. The molecule has 0 unspecified atom stereocenters. The first kappa shape index (κ1) is 25.1. The van der Waals surface area contributed by atoms with Crippen molar-refractivity contribution in [3.63, 3.8) is 0 Å². The van der Waals surface area contributed by atoms with Crippen LogP contribution in [0.4, 0.5) is 5.69 Å². The van der Waals surface area contributed by atoms with Crippen molar-refractivity contribution in [1.29, 1.82) is 0 Å². The van der Waals surface area contributed by atoms with Crippen LogP contribution in [0.3, 0.4) is 0 Å². The fourth-order valence-corrected chi connectivity index (χ4v) is 3.43.